The summed E-state index contributed by atoms with van der Waals surface area (Å²) in [4.78, 5) is 1.20. The highest BCUT2D eigenvalue weighted by molar-refractivity contribution is 9.10. The largest absolute Gasteiger partial charge is 0.398 e. The van der Waals surface area contributed by atoms with Gasteiger partial charge in [0.1, 0.15) is 0 Å². The van der Waals surface area contributed by atoms with E-state index in [1.54, 1.807) is 11.8 Å². The fourth-order valence-electron chi connectivity index (χ4n) is 1.42. The van der Waals surface area contributed by atoms with Gasteiger partial charge in [0.2, 0.25) is 0 Å². The number of anilines is 1. The van der Waals surface area contributed by atoms with Crippen molar-refractivity contribution in [2.75, 3.05) is 5.73 Å². The summed E-state index contributed by atoms with van der Waals surface area (Å²) in [7, 11) is 0. The zero-order valence-corrected chi connectivity index (χ0v) is 12.1. The Bertz CT molecular complexity index is 531. The molecule has 2 aromatic rings. The molecule has 2 aromatic carbocycles. The third kappa shape index (κ3) is 3.41. The molecule has 0 fully saturated rings. The molecule has 0 aromatic heterocycles. The van der Waals surface area contributed by atoms with Crippen LogP contribution in [0.25, 0.3) is 0 Å². The van der Waals surface area contributed by atoms with Crippen molar-refractivity contribution in [2.24, 2.45) is 0 Å². The van der Waals surface area contributed by atoms with Gasteiger partial charge >= 0.3 is 0 Å². The summed E-state index contributed by atoms with van der Waals surface area (Å²) in [5.41, 5.74) is 7.76. The van der Waals surface area contributed by atoms with Crippen molar-refractivity contribution >= 4 is 45.0 Å². The summed E-state index contributed by atoms with van der Waals surface area (Å²) in [6.07, 6.45) is 0. The van der Waals surface area contributed by atoms with E-state index in [0.29, 0.717) is 0 Å². The lowest BCUT2D eigenvalue weighted by Gasteiger charge is -2.07. The maximum Gasteiger partial charge on any atom is 0.0410 e. The third-order valence-electron chi connectivity index (χ3n) is 2.32. The van der Waals surface area contributed by atoms with Crippen molar-refractivity contribution in [1.82, 2.24) is 0 Å². The molecular formula is C13H11BrClNS. The number of benzene rings is 2. The van der Waals surface area contributed by atoms with Crippen LogP contribution in [-0.2, 0) is 5.75 Å². The molecule has 0 heterocycles. The fourth-order valence-corrected chi connectivity index (χ4v) is 3.18. The Morgan fingerprint density at radius 3 is 2.71 bits per heavy atom. The van der Waals surface area contributed by atoms with Gasteiger partial charge in [0.25, 0.3) is 0 Å². The normalized spacial score (nSPS) is 10.5. The lowest BCUT2D eigenvalue weighted by molar-refractivity contribution is 1.36. The van der Waals surface area contributed by atoms with Gasteiger partial charge in [-0.05, 0) is 51.8 Å². The van der Waals surface area contributed by atoms with Crippen LogP contribution in [0.15, 0.2) is 51.8 Å². The van der Waals surface area contributed by atoms with E-state index in [-0.39, 0.29) is 0 Å². The van der Waals surface area contributed by atoms with Crippen LogP contribution in [0.2, 0.25) is 5.02 Å². The van der Waals surface area contributed by atoms with Gasteiger partial charge in [-0.25, -0.2) is 0 Å². The lowest BCUT2D eigenvalue weighted by Crippen LogP contribution is -1.92. The molecule has 0 saturated heterocycles. The Morgan fingerprint density at radius 2 is 1.94 bits per heavy atom. The Hall–Kier alpha value is -0.640. The highest BCUT2D eigenvalue weighted by atomic mass is 79.9. The second kappa shape index (κ2) is 5.80. The molecule has 88 valence electrons. The number of hydrogen-bond acceptors (Lipinski definition) is 2. The standard InChI is InChI=1S/C13H11BrClNS/c14-11-3-1-2-4-13(11)17-8-9-7-10(15)5-6-12(9)16/h1-7H,8,16H2. The zero-order chi connectivity index (χ0) is 12.3. The SMILES string of the molecule is Nc1ccc(Cl)cc1CSc1ccccc1Br. The van der Waals surface area contributed by atoms with Gasteiger partial charge in [-0.2, -0.15) is 0 Å². The minimum absolute atomic E-state index is 0.724. The molecule has 0 unspecified atom stereocenters. The van der Waals surface area contributed by atoms with Crippen LogP contribution in [0.5, 0.6) is 0 Å². The molecule has 0 aliphatic carbocycles. The number of hydrogen-bond donors (Lipinski definition) is 1. The molecule has 0 bridgehead atoms. The van der Waals surface area contributed by atoms with Gasteiger partial charge in [0.15, 0.2) is 0 Å². The Morgan fingerprint density at radius 1 is 1.18 bits per heavy atom. The summed E-state index contributed by atoms with van der Waals surface area (Å²) in [6.45, 7) is 0. The van der Waals surface area contributed by atoms with Crippen LogP contribution < -0.4 is 5.73 Å². The Balaban J connectivity index is 2.12. The van der Waals surface area contributed by atoms with Crippen LogP contribution in [0.3, 0.4) is 0 Å². The van der Waals surface area contributed by atoms with E-state index < -0.39 is 0 Å². The average Bonchev–Trinajstić information content (AvgIpc) is 2.32. The molecule has 0 atom stereocenters. The van der Waals surface area contributed by atoms with Crippen LogP contribution in [-0.4, -0.2) is 0 Å². The number of thioether (sulfide) groups is 1. The number of nitrogens with two attached hydrogens (primary N) is 1. The maximum atomic E-state index is 5.96. The summed E-state index contributed by atoms with van der Waals surface area (Å²) < 4.78 is 1.10. The van der Waals surface area contributed by atoms with Gasteiger partial charge < -0.3 is 5.73 Å². The van der Waals surface area contributed by atoms with Crippen molar-refractivity contribution in [3.63, 3.8) is 0 Å². The van der Waals surface area contributed by atoms with E-state index in [0.717, 1.165) is 26.5 Å². The predicted octanol–water partition coefficient (Wildman–Crippen LogP) is 4.98. The fraction of sp³-hybridized carbons (Fsp3) is 0.0769. The molecule has 0 spiro atoms. The van der Waals surface area contributed by atoms with Crippen molar-refractivity contribution in [2.45, 2.75) is 10.6 Å². The van der Waals surface area contributed by atoms with Gasteiger partial charge in [0.05, 0.1) is 0 Å². The van der Waals surface area contributed by atoms with Crippen molar-refractivity contribution in [3.05, 3.63) is 57.5 Å². The molecule has 0 aliphatic rings. The van der Waals surface area contributed by atoms with E-state index in [1.165, 1.54) is 4.90 Å². The van der Waals surface area contributed by atoms with Gasteiger partial charge in [-0.3, -0.25) is 0 Å². The van der Waals surface area contributed by atoms with Crippen LogP contribution >= 0.6 is 39.3 Å². The molecule has 0 aliphatic heterocycles. The van der Waals surface area contributed by atoms with Crippen LogP contribution in [0.4, 0.5) is 5.69 Å². The summed E-state index contributed by atoms with van der Waals surface area (Å²) in [6, 6.07) is 13.7. The summed E-state index contributed by atoms with van der Waals surface area (Å²) in [5.74, 6) is 0.814. The average molecular weight is 329 g/mol. The molecular weight excluding hydrogens is 318 g/mol. The topological polar surface area (TPSA) is 26.0 Å². The maximum absolute atomic E-state index is 5.96. The first kappa shape index (κ1) is 12.8. The van der Waals surface area contributed by atoms with Crippen LogP contribution in [0.1, 0.15) is 5.56 Å². The zero-order valence-electron chi connectivity index (χ0n) is 8.99. The third-order valence-corrected chi connectivity index (χ3v) is 4.64. The summed E-state index contributed by atoms with van der Waals surface area (Å²) in [5, 5.41) is 0.724. The predicted molar refractivity (Wildman–Crippen MR) is 79.6 cm³/mol. The minimum Gasteiger partial charge on any atom is -0.398 e. The van der Waals surface area contributed by atoms with E-state index in [2.05, 4.69) is 22.0 Å². The monoisotopic (exact) mass is 327 g/mol. The summed E-state index contributed by atoms with van der Waals surface area (Å²) >= 11 is 11.2. The van der Waals surface area contributed by atoms with Crippen molar-refractivity contribution in [3.8, 4) is 0 Å². The molecule has 17 heavy (non-hydrogen) atoms. The number of nitrogen functional groups attached to an aromatic ring is 1. The molecule has 0 radical (unpaired) electrons. The highest BCUT2D eigenvalue weighted by Crippen LogP contribution is 2.31. The lowest BCUT2D eigenvalue weighted by atomic mass is 10.2. The molecule has 2 N–H and O–H groups in total. The van der Waals surface area contributed by atoms with Gasteiger partial charge in [0, 0.05) is 25.8 Å². The van der Waals surface area contributed by atoms with E-state index in [4.69, 9.17) is 17.3 Å². The molecule has 0 amide bonds. The van der Waals surface area contributed by atoms with Gasteiger partial charge in [-0.15, -0.1) is 11.8 Å². The Kier molecular flexibility index (Phi) is 4.37. The number of halogens is 2. The Labute approximate surface area is 118 Å². The van der Waals surface area contributed by atoms with Crippen molar-refractivity contribution in [1.29, 1.82) is 0 Å². The minimum atomic E-state index is 0.724. The first-order valence-corrected chi connectivity index (χ1v) is 7.23. The second-order valence-corrected chi connectivity index (χ2v) is 5.87. The quantitative estimate of drug-likeness (QED) is 0.635. The molecule has 0 saturated carbocycles. The van der Waals surface area contributed by atoms with Gasteiger partial charge in [-0.1, -0.05) is 23.7 Å². The molecule has 2 rings (SSSR count). The molecule has 4 heteroatoms. The van der Waals surface area contributed by atoms with E-state index in [9.17, 15) is 0 Å². The smallest absolute Gasteiger partial charge is 0.0410 e. The first-order valence-electron chi connectivity index (χ1n) is 5.08. The van der Waals surface area contributed by atoms with Crippen molar-refractivity contribution < 1.29 is 0 Å². The first-order chi connectivity index (χ1) is 8.16. The number of rotatable bonds is 3. The second-order valence-electron chi connectivity index (χ2n) is 3.56. The van der Waals surface area contributed by atoms with Crippen LogP contribution in [0, 0.1) is 0 Å². The van der Waals surface area contributed by atoms with E-state index >= 15 is 0 Å². The highest BCUT2D eigenvalue weighted by Gasteiger charge is 2.03. The molecule has 1 nitrogen and oxygen atoms in total. The van der Waals surface area contributed by atoms with E-state index in [1.807, 2.05) is 36.4 Å².